The molecule has 0 aliphatic carbocycles. The fraction of sp³-hybridized carbons (Fsp3) is 0.100. The molecule has 0 aromatic heterocycles. The number of rotatable bonds is 4. The van der Waals surface area contributed by atoms with Crippen molar-refractivity contribution in [3.63, 3.8) is 0 Å². The number of halogens is 2. The van der Waals surface area contributed by atoms with Crippen LogP contribution in [0.1, 0.15) is 16.8 Å². The van der Waals surface area contributed by atoms with E-state index in [4.69, 9.17) is 5.11 Å². The number of carboxylic acid groups (broad SMARTS) is 1. The third kappa shape index (κ3) is 2.69. The van der Waals surface area contributed by atoms with Gasteiger partial charge in [0.15, 0.2) is 5.78 Å². The van der Waals surface area contributed by atoms with Crippen molar-refractivity contribution in [3.8, 4) is 0 Å². The van der Waals surface area contributed by atoms with Gasteiger partial charge in [-0.3, -0.25) is 9.59 Å². The van der Waals surface area contributed by atoms with E-state index in [1.165, 1.54) is 0 Å². The van der Waals surface area contributed by atoms with Crippen LogP contribution in [-0.4, -0.2) is 22.6 Å². The Bertz CT molecular complexity index is 468. The number of hydrogen-bond acceptors (Lipinski definition) is 3. The molecule has 0 heterocycles. The van der Waals surface area contributed by atoms with Gasteiger partial charge < -0.3 is 5.11 Å². The minimum atomic E-state index is -1.79. The summed E-state index contributed by atoms with van der Waals surface area (Å²) in [6.45, 7) is 0. The Morgan fingerprint density at radius 1 is 1.19 bits per heavy atom. The molecule has 0 radical (unpaired) electrons. The summed E-state index contributed by atoms with van der Waals surface area (Å²) in [4.78, 5) is 32.1. The topological polar surface area (TPSA) is 71.4 Å². The van der Waals surface area contributed by atoms with Crippen LogP contribution in [0.4, 0.5) is 8.78 Å². The zero-order valence-electron chi connectivity index (χ0n) is 7.87. The van der Waals surface area contributed by atoms with Crippen LogP contribution >= 0.6 is 0 Å². The van der Waals surface area contributed by atoms with Crippen LogP contribution < -0.4 is 0 Å². The zero-order valence-corrected chi connectivity index (χ0v) is 7.87. The fourth-order valence-corrected chi connectivity index (χ4v) is 1.03. The molecule has 0 amide bonds. The summed E-state index contributed by atoms with van der Waals surface area (Å²) in [5.74, 6) is -6.06. The van der Waals surface area contributed by atoms with Crippen molar-refractivity contribution in [2.24, 2.45) is 0 Å². The third-order valence-corrected chi connectivity index (χ3v) is 1.79. The molecule has 16 heavy (non-hydrogen) atoms. The van der Waals surface area contributed by atoms with Gasteiger partial charge in [-0.15, -0.1) is 0 Å². The van der Waals surface area contributed by atoms with Gasteiger partial charge in [0.1, 0.15) is 11.6 Å². The first-order chi connectivity index (χ1) is 7.41. The van der Waals surface area contributed by atoms with Crippen LogP contribution in [-0.2, 0) is 9.59 Å². The smallest absolute Gasteiger partial charge is 0.372 e. The number of Topliss-reactive ketones (excluding diaryl/α,β-unsaturated/α-hetero) is 2. The highest BCUT2D eigenvalue weighted by Crippen LogP contribution is 2.12. The lowest BCUT2D eigenvalue weighted by atomic mass is 10.1. The molecular weight excluding hydrogens is 222 g/mol. The van der Waals surface area contributed by atoms with E-state index in [-0.39, 0.29) is 0 Å². The molecule has 0 aliphatic rings. The molecule has 0 fully saturated rings. The highest BCUT2D eigenvalue weighted by atomic mass is 19.1. The Kier molecular flexibility index (Phi) is 3.44. The van der Waals surface area contributed by atoms with Gasteiger partial charge in [0.25, 0.3) is 0 Å². The second-order valence-electron chi connectivity index (χ2n) is 2.95. The first-order valence-corrected chi connectivity index (χ1v) is 4.16. The third-order valence-electron chi connectivity index (χ3n) is 1.79. The number of benzene rings is 1. The molecule has 0 atom stereocenters. The molecule has 6 heteroatoms. The summed E-state index contributed by atoms with van der Waals surface area (Å²) >= 11 is 0. The summed E-state index contributed by atoms with van der Waals surface area (Å²) in [5, 5.41) is 8.23. The van der Waals surface area contributed by atoms with E-state index >= 15 is 0 Å². The average molecular weight is 228 g/mol. The van der Waals surface area contributed by atoms with Crippen molar-refractivity contribution >= 4 is 17.5 Å². The minimum Gasteiger partial charge on any atom is -0.475 e. The quantitative estimate of drug-likeness (QED) is 0.477. The Labute approximate surface area is 88.5 Å². The van der Waals surface area contributed by atoms with Gasteiger partial charge >= 0.3 is 5.97 Å². The molecule has 0 aliphatic heterocycles. The van der Waals surface area contributed by atoms with Crippen molar-refractivity contribution in [2.75, 3.05) is 0 Å². The van der Waals surface area contributed by atoms with Gasteiger partial charge in [-0.05, 0) is 18.2 Å². The Morgan fingerprint density at radius 3 is 2.38 bits per heavy atom. The van der Waals surface area contributed by atoms with Crippen molar-refractivity contribution in [1.82, 2.24) is 0 Å². The minimum absolute atomic E-state index is 0.618. The van der Waals surface area contributed by atoms with Gasteiger partial charge in [-0.25, -0.2) is 13.6 Å². The van der Waals surface area contributed by atoms with Gasteiger partial charge in [0.2, 0.25) is 5.78 Å². The number of carbonyl (C=O) groups excluding carboxylic acids is 2. The molecule has 1 N–H and O–H groups in total. The molecule has 0 saturated heterocycles. The summed E-state index contributed by atoms with van der Waals surface area (Å²) in [7, 11) is 0. The molecule has 0 spiro atoms. The van der Waals surface area contributed by atoms with Gasteiger partial charge in [-0.2, -0.15) is 0 Å². The van der Waals surface area contributed by atoms with E-state index in [9.17, 15) is 23.2 Å². The van der Waals surface area contributed by atoms with Crippen LogP contribution in [0, 0.1) is 11.6 Å². The number of aliphatic carboxylic acids is 1. The van der Waals surface area contributed by atoms with Gasteiger partial charge in [0, 0.05) is 0 Å². The summed E-state index contributed by atoms with van der Waals surface area (Å²) in [6, 6.07) is 2.16. The number of carboxylic acids is 1. The lowest BCUT2D eigenvalue weighted by molar-refractivity contribution is -0.148. The second kappa shape index (κ2) is 4.61. The normalized spacial score (nSPS) is 9.88. The highest BCUT2D eigenvalue weighted by Gasteiger charge is 2.20. The maximum atomic E-state index is 13.0. The number of hydrogen-bond donors (Lipinski definition) is 1. The maximum absolute atomic E-state index is 13.0. The van der Waals surface area contributed by atoms with Crippen molar-refractivity contribution in [2.45, 2.75) is 6.42 Å². The van der Waals surface area contributed by atoms with Crippen molar-refractivity contribution in [1.29, 1.82) is 0 Å². The van der Waals surface area contributed by atoms with Gasteiger partial charge in [-0.1, -0.05) is 0 Å². The maximum Gasteiger partial charge on any atom is 0.372 e. The van der Waals surface area contributed by atoms with E-state index in [1.807, 2.05) is 0 Å². The van der Waals surface area contributed by atoms with E-state index in [0.29, 0.717) is 6.07 Å². The van der Waals surface area contributed by atoms with Crippen LogP contribution in [0.15, 0.2) is 18.2 Å². The molecule has 0 unspecified atom stereocenters. The number of ketones is 2. The Balaban J connectivity index is 2.93. The lowest BCUT2D eigenvalue weighted by Gasteiger charge is -2.00. The Hall–Kier alpha value is -2.11. The second-order valence-corrected chi connectivity index (χ2v) is 2.95. The van der Waals surface area contributed by atoms with E-state index in [2.05, 4.69) is 0 Å². The SMILES string of the molecule is O=C(O)C(=O)CC(=O)c1cc(F)ccc1F. The van der Waals surface area contributed by atoms with Crippen LogP contribution in [0.3, 0.4) is 0 Å². The molecule has 4 nitrogen and oxygen atoms in total. The monoisotopic (exact) mass is 228 g/mol. The first kappa shape index (κ1) is 12.0. The Morgan fingerprint density at radius 2 is 1.81 bits per heavy atom. The van der Waals surface area contributed by atoms with Gasteiger partial charge in [0.05, 0.1) is 12.0 Å². The zero-order chi connectivity index (χ0) is 12.3. The summed E-state index contributed by atoms with van der Waals surface area (Å²) in [6.07, 6.45) is -0.990. The largest absolute Gasteiger partial charge is 0.475 e. The van der Waals surface area contributed by atoms with Crippen molar-refractivity contribution in [3.05, 3.63) is 35.4 Å². The van der Waals surface area contributed by atoms with E-state index in [1.54, 1.807) is 0 Å². The molecule has 84 valence electrons. The lowest BCUT2D eigenvalue weighted by Crippen LogP contribution is -2.17. The fourth-order valence-electron chi connectivity index (χ4n) is 1.03. The summed E-state index contributed by atoms with van der Waals surface area (Å²) in [5.41, 5.74) is -0.630. The van der Waals surface area contributed by atoms with Crippen LogP contribution in [0.2, 0.25) is 0 Å². The first-order valence-electron chi connectivity index (χ1n) is 4.16. The molecular formula is C10H6F2O4. The number of carbonyl (C=O) groups is 3. The standard InChI is InChI=1S/C10H6F2O4/c11-5-1-2-7(12)6(3-5)8(13)4-9(14)10(15)16/h1-3H,4H2,(H,15,16). The van der Waals surface area contributed by atoms with E-state index < -0.39 is 41.2 Å². The molecule has 1 aromatic carbocycles. The molecule has 1 aromatic rings. The van der Waals surface area contributed by atoms with Crippen LogP contribution in [0.5, 0.6) is 0 Å². The molecule has 1 rings (SSSR count). The average Bonchev–Trinajstić information content (AvgIpc) is 2.21. The molecule has 0 bridgehead atoms. The van der Waals surface area contributed by atoms with Crippen LogP contribution in [0.25, 0.3) is 0 Å². The van der Waals surface area contributed by atoms with E-state index in [0.717, 1.165) is 12.1 Å². The summed E-state index contributed by atoms with van der Waals surface area (Å²) < 4.78 is 25.7. The highest BCUT2D eigenvalue weighted by molar-refractivity contribution is 6.37. The predicted octanol–water partition coefficient (Wildman–Crippen LogP) is 1.19. The molecule has 0 saturated carbocycles. The van der Waals surface area contributed by atoms with Crippen molar-refractivity contribution < 1.29 is 28.3 Å². The predicted molar refractivity (Wildman–Crippen MR) is 47.9 cm³/mol.